The van der Waals surface area contributed by atoms with Crippen molar-refractivity contribution in [2.75, 3.05) is 13.6 Å². The number of nitro benzene ring substituents is 1. The summed E-state index contributed by atoms with van der Waals surface area (Å²) in [5.41, 5.74) is 0.773. The molecule has 2 aromatic rings. The molecule has 1 aromatic carbocycles. The average Bonchev–Trinajstić information content (AvgIpc) is 3.05. The van der Waals surface area contributed by atoms with Gasteiger partial charge in [0, 0.05) is 29.6 Å². The summed E-state index contributed by atoms with van der Waals surface area (Å²) in [5, 5.41) is 15.4. The second-order valence-electron chi connectivity index (χ2n) is 5.27. The summed E-state index contributed by atoms with van der Waals surface area (Å²) in [6, 6.07) is 7.86. The van der Waals surface area contributed by atoms with Gasteiger partial charge >= 0.3 is 0 Å². The van der Waals surface area contributed by atoms with Gasteiger partial charge in [0.15, 0.2) is 0 Å². The standard InChI is InChI=1S/C16H17N3O4S/c1-11-8-12(19(22)23)5-6-14(11)16(21)18(2)10-15(20)17-9-13-4-3-7-24-13/h3-8H,9-10H2,1-2H3,(H,17,20). The molecule has 2 rings (SSSR count). The van der Waals surface area contributed by atoms with E-state index in [0.29, 0.717) is 17.7 Å². The Morgan fingerprint density at radius 1 is 1.33 bits per heavy atom. The topological polar surface area (TPSA) is 92.6 Å². The van der Waals surface area contributed by atoms with Crippen molar-refractivity contribution in [1.29, 1.82) is 0 Å². The lowest BCUT2D eigenvalue weighted by Crippen LogP contribution is -2.38. The lowest BCUT2D eigenvalue weighted by atomic mass is 10.1. The average molecular weight is 347 g/mol. The highest BCUT2D eigenvalue weighted by Gasteiger charge is 2.18. The molecule has 0 saturated carbocycles. The zero-order valence-corrected chi connectivity index (χ0v) is 14.1. The molecule has 0 radical (unpaired) electrons. The van der Waals surface area contributed by atoms with Gasteiger partial charge in [0.05, 0.1) is 18.0 Å². The van der Waals surface area contributed by atoms with Crippen LogP contribution in [-0.2, 0) is 11.3 Å². The van der Waals surface area contributed by atoms with Gasteiger partial charge in [0.1, 0.15) is 0 Å². The van der Waals surface area contributed by atoms with E-state index in [1.54, 1.807) is 18.3 Å². The van der Waals surface area contributed by atoms with Crippen LogP contribution in [0.25, 0.3) is 0 Å². The number of amides is 2. The molecule has 0 unspecified atom stereocenters. The number of likely N-dealkylation sites (N-methyl/N-ethyl adjacent to an activating group) is 1. The summed E-state index contributed by atoms with van der Waals surface area (Å²) in [7, 11) is 1.52. The molecule has 0 saturated heterocycles. The maximum absolute atomic E-state index is 12.4. The van der Waals surface area contributed by atoms with Crippen LogP contribution in [0, 0.1) is 17.0 Å². The molecule has 0 atom stereocenters. The molecule has 0 bridgehead atoms. The van der Waals surface area contributed by atoms with Gasteiger partial charge in [0.2, 0.25) is 5.91 Å². The molecular weight excluding hydrogens is 330 g/mol. The largest absolute Gasteiger partial charge is 0.350 e. The van der Waals surface area contributed by atoms with Gasteiger partial charge in [-0.2, -0.15) is 0 Å². The first-order valence-corrected chi connectivity index (χ1v) is 8.06. The highest BCUT2D eigenvalue weighted by atomic mass is 32.1. The van der Waals surface area contributed by atoms with Crippen LogP contribution >= 0.6 is 11.3 Å². The van der Waals surface area contributed by atoms with E-state index in [0.717, 1.165) is 4.88 Å². The fourth-order valence-corrected chi connectivity index (χ4v) is 2.79. The van der Waals surface area contributed by atoms with Crippen LogP contribution in [0.15, 0.2) is 35.7 Å². The summed E-state index contributed by atoms with van der Waals surface area (Å²) in [4.78, 5) is 36.9. The zero-order valence-electron chi connectivity index (χ0n) is 13.3. The number of thiophene rings is 1. The molecule has 1 heterocycles. The van der Waals surface area contributed by atoms with E-state index >= 15 is 0 Å². The molecule has 126 valence electrons. The Kier molecular flexibility index (Phi) is 5.64. The van der Waals surface area contributed by atoms with Crippen LogP contribution in [-0.4, -0.2) is 35.2 Å². The first-order chi connectivity index (χ1) is 11.4. The minimum absolute atomic E-state index is 0.0691. The third-order valence-electron chi connectivity index (χ3n) is 3.42. The fraction of sp³-hybridized carbons (Fsp3) is 0.250. The van der Waals surface area contributed by atoms with Crippen molar-refractivity contribution in [1.82, 2.24) is 10.2 Å². The normalized spacial score (nSPS) is 10.2. The van der Waals surface area contributed by atoms with Crippen LogP contribution in [0.2, 0.25) is 0 Å². The predicted molar refractivity (Wildman–Crippen MR) is 91.0 cm³/mol. The summed E-state index contributed by atoms with van der Waals surface area (Å²) < 4.78 is 0. The third kappa shape index (κ3) is 4.39. The number of nitrogens with zero attached hydrogens (tertiary/aromatic N) is 2. The van der Waals surface area contributed by atoms with Crippen molar-refractivity contribution in [2.24, 2.45) is 0 Å². The van der Waals surface area contributed by atoms with Crippen molar-refractivity contribution in [2.45, 2.75) is 13.5 Å². The lowest BCUT2D eigenvalue weighted by Gasteiger charge is -2.17. The van der Waals surface area contributed by atoms with Gasteiger partial charge in [-0.25, -0.2) is 0 Å². The molecular formula is C16H17N3O4S. The van der Waals surface area contributed by atoms with Crippen molar-refractivity contribution in [3.8, 4) is 0 Å². The van der Waals surface area contributed by atoms with Gasteiger partial charge in [-0.1, -0.05) is 6.07 Å². The summed E-state index contributed by atoms with van der Waals surface area (Å²) in [6.07, 6.45) is 0. The second-order valence-corrected chi connectivity index (χ2v) is 6.31. The number of nitro groups is 1. The number of hydrogen-bond donors (Lipinski definition) is 1. The summed E-state index contributed by atoms with van der Waals surface area (Å²) in [5.74, 6) is -0.618. The van der Waals surface area contributed by atoms with E-state index in [1.165, 1.54) is 30.1 Å². The molecule has 0 fully saturated rings. The lowest BCUT2D eigenvalue weighted by molar-refractivity contribution is -0.384. The van der Waals surface area contributed by atoms with Gasteiger partial charge in [-0.15, -0.1) is 11.3 Å². The van der Waals surface area contributed by atoms with E-state index < -0.39 is 4.92 Å². The first-order valence-electron chi connectivity index (χ1n) is 7.18. The van der Waals surface area contributed by atoms with E-state index in [-0.39, 0.29) is 24.0 Å². The van der Waals surface area contributed by atoms with Crippen molar-refractivity contribution < 1.29 is 14.5 Å². The Labute approximate surface area is 143 Å². The molecule has 1 N–H and O–H groups in total. The molecule has 0 spiro atoms. The monoisotopic (exact) mass is 347 g/mol. The van der Waals surface area contributed by atoms with E-state index in [4.69, 9.17) is 0 Å². The number of carbonyl (C=O) groups excluding carboxylic acids is 2. The number of nitrogens with one attached hydrogen (secondary N) is 1. The van der Waals surface area contributed by atoms with Crippen LogP contribution < -0.4 is 5.32 Å². The maximum Gasteiger partial charge on any atom is 0.269 e. The minimum Gasteiger partial charge on any atom is -0.350 e. The minimum atomic E-state index is -0.511. The number of hydrogen-bond acceptors (Lipinski definition) is 5. The van der Waals surface area contributed by atoms with Crippen LogP contribution in [0.1, 0.15) is 20.8 Å². The molecule has 8 heteroatoms. The molecule has 24 heavy (non-hydrogen) atoms. The number of aryl methyl sites for hydroxylation is 1. The van der Waals surface area contributed by atoms with Gasteiger partial charge in [-0.3, -0.25) is 19.7 Å². The Morgan fingerprint density at radius 2 is 2.08 bits per heavy atom. The third-order valence-corrected chi connectivity index (χ3v) is 4.29. The quantitative estimate of drug-likeness (QED) is 0.641. The number of benzene rings is 1. The Balaban J connectivity index is 1.96. The van der Waals surface area contributed by atoms with Crippen molar-refractivity contribution in [3.05, 3.63) is 61.8 Å². The van der Waals surface area contributed by atoms with Crippen LogP contribution in [0.3, 0.4) is 0 Å². The molecule has 1 aromatic heterocycles. The molecule has 0 aliphatic carbocycles. The predicted octanol–water partition coefficient (Wildman–Crippen LogP) is 2.35. The molecule has 0 aliphatic rings. The van der Waals surface area contributed by atoms with E-state index in [2.05, 4.69) is 5.32 Å². The number of carbonyl (C=O) groups is 2. The molecule has 7 nitrogen and oxygen atoms in total. The highest BCUT2D eigenvalue weighted by Crippen LogP contribution is 2.18. The van der Waals surface area contributed by atoms with Crippen molar-refractivity contribution in [3.63, 3.8) is 0 Å². The van der Waals surface area contributed by atoms with Gasteiger partial charge in [-0.05, 0) is 30.0 Å². The SMILES string of the molecule is Cc1cc([N+](=O)[O-])ccc1C(=O)N(C)CC(=O)NCc1cccs1. The fourth-order valence-electron chi connectivity index (χ4n) is 2.15. The maximum atomic E-state index is 12.4. The number of rotatable bonds is 6. The van der Waals surface area contributed by atoms with Crippen molar-refractivity contribution >= 4 is 28.8 Å². The Morgan fingerprint density at radius 3 is 2.67 bits per heavy atom. The Bertz CT molecular complexity index is 759. The Hall–Kier alpha value is -2.74. The van der Waals surface area contributed by atoms with E-state index in [1.807, 2.05) is 17.5 Å². The highest BCUT2D eigenvalue weighted by molar-refractivity contribution is 7.09. The van der Waals surface area contributed by atoms with E-state index in [9.17, 15) is 19.7 Å². The van der Waals surface area contributed by atoms with Crippen LogP contribution in [0.4, 0.5) is 5.69 Å². The number of non-ortho nitro benzene ring substituents is 1. The van der Waals surface area contributed by atoms with Gasteiger partial charge < -0.3 is 10.2 Å². The first kappa shape index (κ1) is 17.6. The smallest absolute Gasteiger partial charge is 0.269 e. The molecule has 0 aliphatic heterocycles. The molecule has 2 amide bonds. The zero-order chi connectivity index (χ0) is 17.7. The van der Waals surface area contributed by atoms with Gasteiger partial charge in [0.25, 0.3) is 11.6 Å². The summed E-state index contributed by atoms with van der Waals surface area (Å²) in [6.45, 7) is 1.97. The summed E-state index contributed by atoms with van der Waals surface area (Å²) >= 11 is 1.54. The second kappa shape index (κ2) is 7.69. The van der Waals surface area contributed by atoms with Crippen LogP contribution in [0.5, 0.6) is 0 Å².